The predicted molar refractivity (Wildman–Crippen MR) is 61.8 cm³/mol. The summed E-state index contributed by atoms with van der Waals surface area (Å²) in [7, 11) is -1.61. The number of fused-ring (bicyclic) bond motifs is 1. The molecule has 7 heteroatoms. The van der Waals surface area contributed by atoms with Gasteiger partial charge in [0.1, 0.15) is 4.90 Å². The molecule has 2 saturated heterocycles. The van der Waals surface area contributed by atoms with Crippen LogP contribution in [0, 0.1) is 11.8 Å². The zero-order valence-corrected chi connectivity index (χ0v) is 10.5. The lowest BCUT2D eigenvalue weighted by molar-refractivity contribution is 0.448. The molecular weight excluding hydrogens is 240 g/mol. The van der Waals surface area contributed by atoms with E-state index in [1.165, 1.54) is 10.9 Å². The number of hydrogen-bond acceptors (Lipinski definition) is 4. The zero-order chi connectivity index (χ0) is 12.0. The molecule has 94 valence electrons. The van der Waals surface area contributed by atoms with Crippen LogP contribution in [-0.2, 0) is 17.1 Å². The third-order valence-electron chi connectivity index (χ3n) is 3.67. The monoisotopic (exact) mass is 256 g/mol. The fraction of sp³-hybridized carbons (Fsp3) is 0.700. The Morgan fingerprint density at radius 1 is 1.35 bits per heavy atom. The first-order chi connectivity index (χ1) is 8.07. The van der Waals surface area contributed by atoms with Crippen molar-refractivity contribution in [1.82, 2.24) is 19.4 Å². The molecule has 2 atom stereocenters. The van der Waals surface area contributed by atoms with Crippen LogP contribution in [0.25, 0.3) is 0 Å². The first-order valence-electron chi connectivity index (χ1n) is 5.77. The number of hydrogen-bond donors (Lipinski definition) is 1. The molecule has 0 aromatic carbocycles. The molecule has 2 aliphatic rings. The minimum absolute atomic E-state index is 0.299. The van der Waals surface area contributed by atoms with Crippen molar-refractivity contribution < 1.29 is 8.42 Å². The van der Waals surface area contributed by atoms with Crippen LogP contribution in [0.3, 0.4) is 0 Å². The van der Waals surface area contributed by atoms with Gasteiger partial charge in [-0.25, -0.2) is 8.42 Å². The second-order valence-corrected chi connectivity index (χ2v) is 6.79. The summed E-state index contributed by atoms with van der Waals surface area (Å²) in [5, 5.41) is 7.23. The predicted octanol–water partition coefficient (Wildman–Crippen LogP) is -0.740. The van der Waals surface area contributed by atoms with Gasteiger partial charge in [-0.3, -0.25) is 4.68 Å². The molecule has 0 bridgehead atoms. The van der Waals surface area contributed by atoms with Crippen molar-refractivity contribution in [3.8, 4) is 0 Å². The first kappa shape index (κ1) is 11.2. The van der Waals surface area contributed by atoms with Crippen LogP contribution in [-0.4, -0.2) is 48.7 Å². The molecule has 3 rings (SSSR count). The Labute approximate surface area is 101 Å². The normalized spacial score (nSPS) is 29.7. The topological polar surface area (TPSA) is 67.2 Å². The molecule has 1 aromatic heterocycles. The molecule has 0 saturated carbocycles. The number of aromatic nitrogens is 2. The van der Waals surface area contributed by atoms with Crippen molar-refractivity contribution >= 4 is 10.0 Å². The largest absolute Gasteiger partial charge is 0.316 e. The summed E-state index contributed by atoms with van der Waals surface area (Å²) in [6.07, 6.45) is 2.98. The van der Waals surface area contributed by atoms with Gasteiger partial charge in [-0.05, 0) is 24.9 Å². The van der Waals surface area contributed by atoms with E-state index in [2.05, 4.69) is 10.4 Å². The summed E-state index contributed by atoms with van der Waals surface area (Å²) in [6.45, 7) is 3.14. The first-order valence-corrected chi connectivity index (χ1v) is 7.21. The lowest BCUT2D eigenvalue weighted by Crippen LogP contribution is -2.31. The van der Waals surface area contributed by atoms with Crippen LogP contribution in [0.4, 0.5) is 0 Å². The highest BCUT2D eigenvalue weighted by Gasteiger charge is 2.41. The van der Waals surface area contributed by atoms with Crippen molar-refractivity contribution in [1.29, 1.82) is 0 Å². The molecule has 0 spiro atoms. The number of nitrogens with zero attached hydrogens (tertiary/aromatic N) is 3. The van der Waals surface area contributed by atoms with E-state index in [4.69, 9.17) is 0 Å². The molecule has 6 nitrogen and oxygen atoms in total. The van der Waals surface area contributed by atoms with Crippen LogP contribution in [0.2, 0.25) is 0 Å². The fourth-order valence-electron chi connectivity index (χ4n) is 2.69. The van der Waals surface area contributed by atoms with Crippen LogP contribution in [0.5, 0.6) is 0 Å². The van der Waals surface area contributed by atoms with Crippen molar-refractivity contribution in [2.45, 2.75) is 4.90 Å². The maximum atomic E-state index is 12.3. The molecule has 0 amide bonds. The number of rotatable bonds is 2. The van der Waals surface area contributed by atoms with E-state index in [9.17, 15) is 8.42 Å². The number of sulfonamides is 1. The van der Waals surface area contributed by atoms with Crippen molar-refractivity contribution in [3.05, 3.63) is 12.4 Å². The molecule has 2 unspecified atom stereocenters. The highest BCUT2D eigenvalue weighted by atomic mass is 32.2. The molecular formula is C10H16N4O2S. The van der Waals surface area contributed by atoms with Crippen LogP contribution >= 0.6 is 0 Å². The summed E-state index contributed by atoms with van der Waals surface area (Å²) in [4.78, 5) is 0.299. The maximum Gasteiger partial charge on any atom is 0.246 e. The van der Waals surface area contributed by atoms with E-state index in [1.54, 1.807) is 17.5 Å². The third-order valence-corrected chi connectivity index (χ3v) is 5.46. The Balaban J connectivity index is 1.85. The third kappa shape index (κ3) is 1.78. The Morgan fingerprint density at radius 3 is 2.53 bits per heavy atom. The zero-order valence-electron chi connectivity index (χ0n) is 9.70. The van der Waals surface area contributed by atoms with Crippen LogP contribution in [0.15, 0.2) is 17.3 Å². The molecule has 2 aliphatic heterocycles. The summed E-state index contributed by atoms with van der Waals surface area (Å²) >= 11 is 0. The number of aryl methyl sites for hydroxylation is 1. The number of nitrogens with one attached hydrogen (secondary N) is 1. The smallest absolute Gasteiger partial charge is 0.246 e. The second kappa shape index (κ2) is 3.79. The van der Waals surface area contributed by atoms with Gasteiger partial charge >= 0.3 is 0 Å². The average Bonchev–Trinajstić information content (AvgIpc) is 2.89. The minimum Gasteiger partial charge on any atom is -0.316 e. The van der Waals surface area contributed by atoms with Crippen molar-refractivity contribution in [3.63, 3.8) is 0 Å². The summed E-state index contributed by atoms with van der Waals surface area (Å²) < 4.78 is 27.8. The van der Waals surface area contributed by atoms with E-state index in [0.717, 1.165) is 13.1 Å². The molecule has 17 heavy (non-hydrogen) atoms. The lowest BCUT2D eigenvalue weighted by Gasteiger charge is -2.15. The Bertz CT molecular complexity index is 512. The highest BCUT2D eigenvalue weighted by Crippen LogP contribution is 2.30. The van der Waals surface area contributed by atoms with Crippen molar-refractivity contribution in [2.75, 3.05) is 26.2 Å². The van der Waals surface area contributed by atoms with E-state index in [-0.39, 0.29) is 0 Å². The van der Waals surface area contributed by atoms with E-state index in [0.29, 0.717) is 29.8 Å². The molecule has 1 N–H and O–H groups in total. The highest BCUT2D eigenvalue weighted by molar-refractivity contribution is 7.89. The summed E-state index contributed by atoms with van der Waals surface area (Å²) in [5.41, 5.74) is 0. The average molecular weight is 256 g/mol. The van der Waals surface area contributed by atoms with Gasteiger partial charge in [0.25, 0.3) is 0 Å². The Morgan fingerprint density at radius 2 is 2.00 bits per heavy atom. The van der Waals surface area contributed by atoms with Gasteiger partial charge in [0.2, 0.25) is 10.0 Å². The lowest BCUT2D eigenvalue weighted by atomic mass is 10.0. The quantitative estimate of drug-likeness (QED) is 0.757. The van der Waals surface area contributed by atoms with Crippen LogP contribution < -0.4 is 5.32 Å². The van der Waals surface area contributed by atoms with Gasteiger partial charge in [-0.15, -0.1) is 0 Å². The SMILES string of the molecule is Cn1cc(S(=O)(=O)N2CC3CNCC3C2)cn1. The molecule has 0 aliphatic carbocycles. The summed E-state index contributed by atoms with van der Waals surface area (Å²) in [6, 6.07) is 0. The van der Waals surface area contributed by atoms with Crippen molar-refractivity contribution in [2.24, 2.45) is 18.9 Å². The van der Waals surface area contributed by atoms with Gasteiger partial charge in [-0.1, -0.05) is 0 Å². The van der Waals surface area contributed by atoms with E-state index < -0.39 is 10.0 Å². The van der Waals surface area contributed by atoms with Gasteiger partial charge in [0.15, 0.2) is 0 Å². The van der Waals surface area contributed by atoms with Gasteiger partial charge < -0.3 is 5.32 Å². The van der Waals surface area contributed by atoms with E-state index >= 15 is 0 Å². The Kier molecular flexibility index (Phi) is 2.49. The van der Waals surface area contributed by atoms with Gasteiger partial charge in [0, 0.05) is 26.3 Å². The Hall–Kier alpha value is -0.920. The van der Waals surface area contributed by atoms with Gasteiger partial charge in [0.05, 0.1) is 6.20 Å². The fourth-order valence-corrected chi connectivity index (χ4v) is 4.23. The summed E-state index contributed by atoms with van der Waals surface area (Å²) in [5.74, 6) is 0.947. The molecule has 2 fully saturated rings. The minimum atomic E-state index is -3.34. The van der Waals surface area contributed by atoms with Gasteiger partial charge in [-0.2, -0.15) is 9.40 Å². The molecule has 1 aromatic rings. The molecule has 3 heterocycles. The standard InChI is InChI=1S/C10H16N4O2S/c1-13-7-10(4-12-13)17(15,16)14-5-8-2-11-3-9(8)6-14/h4,7-9,11H,2-3,5-6H2,1H3. The van der Waals surface area contributed by atoms with Crippen LogP contribution in [0.1, 0.15) is 0 Å². The second-order valence-electron chi connectivity index (χ2n) is 4.85. The van der Waals surface area contributed by atoms with E-state index in [1.807, 2.05) is 0 Å². The maximum absolute atomic E-state index is 12.3. The molecule has 0 radical (unpaired) electrons.